The van der Waals surface area contributed by atoms with Gasteiger partial charge in [0, 0.05) is 11.1 Å². The first kappa shape index (κ1) is 16.5. The Morgan fingerprint density at radius 1 is 1.14 bits per heavy atom. The SMILES string of the molecule is COc1cccc(OC(C)C(=O)Nc2ccc(Cl)cc2Cl)c1. The molecule has 0 saturated carbocycles. The van der Waals surface area contributed by atoms with Gasteiger partial charge in [0.1, 0.15) is 11.5 Å². The van der Waals surface area contributed by atoms with Crippen LogP contribution in [-0.4, -0.2) is 19.1 Å². The number of amides is 1. The number of anilines is 1. The van der Waals surface area contributed by atoms with Crippen molar-refractivity contribution in [1.82, 2.24) is 0 Å². The fourth-order valence-electron chi connectivity index (χ4n) is 1.76. The van der Waals surface area contributed by atoms with E-state index in [1.807, 2.05) is 0 Å². The molecule has 0 fully saturated rings. The topological polar surface area (TPSA) is 47.6 Å². The average molecular weight is 340 g/mol. The molecule has 0 radical (unpaired) electrons. The van der Waals surface area contributed by atoms with E-state index in [4.69, 9.17) is 32.7 Å². The maximum absolute atomic E-state index is 12.1. The van der Waals surface area contributed by atoms with Gasteiger partial charge in [-0.2, -0.15) is 0 Å². The Kier molecular flexibility index (Phi) is 5.52. The summed E-state index contributed by atoms with van der Waals surface area (Å²) in [5, 5.41) is 3.57. The molecule has 116 valence electrons. The molecule has 0 bridgehead atoms. The summed E-state index contributed by atoms with van der Waals surface area (Å²) in [5.41, 5.74) is 0.483. The van der Waals surface area contributed by atoms with Gasteiger partial charge in [0.25, 0.3) is 5.91 Å². The van der Waals surface area contributed by atoms with E-state index in [9.17, 15) is 4.79 Å². The maximum atomic E-state index is 12.1. The molecule has 0 spiro atoms. The second-order valence-corrected chi connectivity index (χ2v) is 5.40. The van der Waals surface area contributed by atoms with Crippen LogP contribution < -0.4 is 14.8 Å². The van der Waals surface area contributed by atoms with Crippen LogP contribution in [0.4, 0.5) is 5.69 Å². The normalized spacial score (nSPS) is 11.6. The Balaban J connectivity index is 2.02. The van der Waals surface area contributed by atoms with Crippen LogP contribution in [0.1, 0.15) is 6.92 Å². The van der Waals surface area contributed by atoms with Gasteiger partial charge < -0.3 is 14.8 Å². The molecule has 0 aliphatic carbocycles. The molecule has 0 aliphatic rings. The highest BCUT2D eigenvalue weighted by Gasteiger charge is 2.16. The summed E-state index contributed by atoms with van der Waals surface area (Å²) in [4.78, 5) is 12.1. The van der Waals surface area contributed by atoms with Crippen molar-refractivity contribution in [3.05, 3.63) is 52.5 Å². The summed E-state index contributed by atoms with van der Waals surface area (Å²) < 4.78 is 10.7. The zero-order valence-corrected chi connectivity index (χ0v) is 13.6. The third kappa shape index (κ3) is 4.29. The lowest BCUT2D eigenvalue weighted by atomic mass is 10.3. The molecule has 1 atom stereocenters. The quantitative estimate of drug-likeness (QED) is 0.877. The zero-order chi connectivity index (χ0) is 16.1. The number of hydrogen-bond donors (Lipinski definition) is 1. The second kappa shape index (κ2) is 7.38. The molecular formula is C16H15Cl2NO3. The molecule has 2 rings (SSSR count). The number of rotatable bonds is 5. The smallest absolute Gasteiger partial charge is 0.265 e. The van der Waals surface area contributed by atoms with E-state index in [2.05, 4.69) is 5.32 Å². The molecule has 0 heterocycles. The lowest BCUT2D eigenvalue weighted by molar-refractivity contribution is -0.122. The van der Waals surface area contributed by atoms with E-state index >= 15 is 0 Å². The monoisotopic (exact) mass is 339 g/mol. The molecule has 0 saturated heterocycles. The Labute approximate surface area is 138 Å². The first-order valence-corrected chi connectivity index (χ1v) is 7.32. The van der Waals surface area contributed by atoms with Crippen LogP contribution in [0.15, 0.2) is 42.5 Å². The third-order valence-electron chi connectivity index (χ3n) is 2.91. The fourth-order valence-corrected chi connectivity index (χ4v) is 2.21. The molecule has 4 nitrogen and oxygen atoms in total. The summed E-state index contributed by atoms with van der Waals surface area (Å²) in [5.74, 6) is 0.891. The summed E-state index contributed by atoms with van der Waals surface area (Å²) >= 11 is 11.8. The molecule has 1 N–H and O–H groups in total. The summed E-state index contributed by atoms with van der Waals surface area (Å²) in [6.45, 7) is 1.65. The maximum Gasteiger partial charge on any atom is 0.265 e. The van der Waals surface area contributed by atoms with Gasteiger partial charge in [-0.05, 0) is 37.3 Å². The van der Waals surface area contributed by atoms with Crippen molar-refractivity contribution in [1.29, 1.82) is 0 Å². The molecule has 22 heavy (non-hydrogen) atoms. The van der Waals surface area contributed by atoms with E-state index in [0.29, 0.717) is 27.2 Å². The Bertz CT molecular complexity index is 676. The van der Waals surface area contributed by atoms with E-state index in [-0.39, 0.29) is 5.91 Å². The highest BCUT2D eigenvalue weighted by Crippen LogP contribution is 2.26. The predicted octanol–water partition coefficient (Wildman–Crippen LogP) is 4.41. The van der Waals surface area contributed by atoms with Crippen molar-refractivity contribution < 1.29 is 14.3 Å². The van der Waals surface area contributed by atoms with Gasteiger partial charge in [-0.15, -0.1) is 0 Å². The van der Waals surface area contributed by atoms with Crippen LogP contribution in [0.3, 0.4) is 0 Å². The van der Waals surface area contributed by atoms with Gasteiger partial charge in [0.05, 0.1) is 17.8 Å². The lowest BCUT2D eigenvalue weighted by Crippen LogP contribution is -2.30. The minimum Gasteiger partial charge on any atom is -0.497 e. The van der Waals surface area contributed by atoms with Crippen LogP contribution in [-0.2, 0) is 4.79 Å². The molecule has 1 unspecified atom stereocenters. The minimum absolute atomic E-state index is 0.313. The van der Waals surface area contributed by atoms with Crippen molar-refractivity contribution in [3.63, 3.8) is 0 Å². The number of carbonyl (C=O) groups is 1. The Morgan fingerprint density at radius 3 is 2.55 bits per heavy atom. The number of hydrogen-bond acceptors (Lipinski definition) is 3. The van der Waals surface area contributed by atoms with Crippen LogP contribution in [0, 0.1) is 0 Å². The molecule has 0 aromatic heterocycles. The van der Waals surface area contributed by atoms with Crippen molar-refractivity contribution in [2.45, 2.75) is 13.0 Å². The lowest BCUT2D eigenvalue weighted by Gasteiger charge is -2.16. The van der Waals surface area contributed by atoms with Crippen molar-refractivity contribution in [3.8, 4) is 11.5 Å². The van der Waals surface area contributed by atoms with Gasteiger partial charge >= 0.3 is 0 Å². The van der Waals surface area contributed by atoms with E-state index in [0.717, 1.165) is 0 Å². The molecular weight excluding hydrogens is 325 g/mol. The highest BCUT2D eigenvalue weighted by molar-refractivity contribution is 6.36. The van der Waals surface area contributed by atoms with E-state index in [1.54, 1.807) is 56.5 Å². The van der Waals surface area contributed by atoms with Crippen molar-refractivity contribution >= 4 is 34.8 Å². The van der Waals surface area contributed by atoms with Gasteiger partial charge in [-0.1, -0.05) is 29.3 Å². The number of nitrogens with one attached hydrogen (secondary N) is 1. The van der Waals surface area contributed by atoms with Crippen LogP contribution in [0.5, 0.6) is 11.5 Å². The zero-order valence-electron chi connectivity index (χ0n) is 12.1. The largest absolute Gasteiger partial charge is 0.497 e. The molecule has 2 aromatic rings. The minimum atomic E-state index is -0.696. The first-order valence-electron chi connectivity index (χ1n) is 6.56. The molecule has 2 aromatic carbocycles. The van der Waals surface area contributed by atoms with Gasteiger partial charge in [0.15, 0.2) is 6.10 Å². The molecule has 1 amide bonds. The second-order valence-electron chi connectivity index (χ2n) is 4.55. The standard InChI is InChI=1S/C16H15Cl2NO3/c1-10(22-13-5-3-4-12(9-13)21-2)16(20)19-15-7-6-11(17)8-14(15)18/h3-10H,1-2H3,(H,19,20). The van der Waals surface area contributed by atoms with Crippen LogP contribution in [0.2, 0.25) is 10.0 Å². The third-order valence-corrected chi connectivity index (χ3v) is 3.46. The van der Waals surface area contributed by atoms with Crippen molar-refractivity contribution in [2.75, 3.05) is 12.4 Å². The van der Waals surface area contributed by atoms with Crippen LogP contribution in [0.25, 0.3) is 0 Å². The van der Waals surface area contributed by atoms with E-state index in [1.165, 1.54) is 0 Å². The summed E-state index contributed by atoms with van der Waals surface area (Å²) in [6, 6.07) is 11.9. The average Bonchev–Trinajstić information content (AvgIpc) is 2.50. The Hall–Kier alpha value is -1.91. The highest BCUT2D eigenvalue weighted by atomic mass is 35.5. The van der Waals surface area contributed by atoms with Crippen LogP contribution >= 0.6 is 23.2 Å². The molecule has 6 heteroatoms. The van der Waals surface area contributed by atoms with E-state index < -0.39 is 6.10 Å². The number of halogens is 2. The van der Waals surface area contributed by atoms with Gasteiger partial charge in [-0.25, -0.2) is 0 Å². The number of methoxy groups -OCH3 is 1. The van der Waals surface area contributed by atoms with Gasteiger partial charge in [0.2, 0.25) is 0 Å². The Morgan fingerprint density at radius 2 is 1.86 bits per heavy atom. The number of carbonyl (C=O) groups excluding carboxylic acids is 1. The number of benzene rings is 2. The van der Waals surface area contributed by atoms with Crippen molar-refractivity contribution in [2.24, 2.45) is 0 Å². The van der Waals surface area contributed by atoms with Gasteiger partial charge in [-0.3, -0.25) is 4.79 Å². The fraction of sp³-hybridized carbons (Fsp3) is 0.188. The summed E-state index contributed by atoms with van der Waals surface area (Å²) in [7, 11) is 1.57. The predicted molar refractivity (Wildman–Crippen MR) is 88.2 cm³/mol. The molecule has 0 aliphatic heterocycles. The summed E-state index contributed by atoms with van der Waals surface area (Å²) in [6.07, 6.45) is -0.696. The number of ether oxygens (including phenoxy) is 2. The first-order chi connectivity index (χ1) is 10.5.